The molecular weight excluding hydrogens is 266 g/mol. The van der Waals surface area contributed by atoms with Gasteiger partial charge in [-0.3, -0.25) is 0 Å². The minimum absolute atomic E-state index is 0.00465. The summed E-state index contributed by atoms with van der Waals surface area (Å²) in [4.78, 5) is 15.7. The number of aromatic nitrogens is 1. The molecule has 21 heavy (non-hydrogen) atoms. The molecule has 0 atom stereocenters. The van der Waals surface area contributed by atoms with E-state index >= 15 is 0 Å². The van der Waals surface area contributed by atoms with Crippen LogP contribution in [0.15, 0.2) is 34.7 Å². The molecule has 0 bridgehead atoms. The molecule has 0 saturated heterocycles. The molecule has 1 aromatic heterocycles. The second-order valence-electron chi connectivity index (χ2n) is 6.78. The predicted molar refractivity (Wildman–Crippen MR) is 79.2 cm³/mol. The highest BCUT2D eigenvalue weighted by Crippen LogP contribution is 2.74. The van der Waals surface area contributed by atoms with Crippen molar-refractivity contribution >= 4 is 5.97 Å². The smallest absolute Gasteiger partial charge is 0.358 e. The van der Waals surface area contributed by atoms with Crippen molar-refractivity contribution < 1.29 is 14.3 Å². The van der Waals surface area contributed by atoms with Gasteiger partial charge in [0.2, 0.25) is 5.89 Å². The number of benzene rings is 1. The molecule has 2 aromatic rings. The lowest BCUT2D eigenvalue weighted by Gasteiger charge is -2.03. The topological polar surface area (TPSA) is 63.3 Å². The van der Waals surface area contributed by atoms with Crippen LogP contribution in [0.4, 0.5) is 0 Å². The molecule has 1 saturated carbocycles. The van der Waals surface area contributed by atoms with Crippen LogP contribution in [0.25, 0.3) is 11.5 Å². The maximum atomic E-state index is 11.5. The first kappa shape index (κ1) is 13.9. The molecule has 1 aliphatic carbocycles. The molecule has 1 aromatic carbocycles. The van der Waals surface area contributed by atoms with Crippen LogP contribution < -0.4 is 0 Å². The Hall–Kier alpha value is -2.10. The Labute approximate surface area is 123 Å². The van der Waals surface area contributed by atoms with E-state index < -0.39 is 5.97 Å². The summed E-state index contributed by atoms with van der Waals surface area (Å²) in [5, 5.41) is 9.42. The Bertz CT molecular complexity index is 684. The summed E-state index contributed by atoms with van der Waals surface area (Å²) in [5.41, 5.74) is 0.843. The molecule has 4 heteroatoms. The molecule has 1 fully saturated rings. The Kier molecular flexibility index (Phi) is 2.77. The van der Waals surface area contributed by atoms with Gasteiger partial charge >= 0.3 is 5.97 Å². The highest BCUT2D eigenvalue weighted by molar-refractivity contribution is 5.87. The number of nitrogens with zero attached hydrogens (tertiary/aromatic N) is 1. The summed E-state index contributed by atoms with van der Waals surface area (Å²) < 4.78 is 5.87. The first-order chi connectivity index (χ1) is 9.76. The van der Waals surface area contributed by atoms with E-state index in [1.54, 1.807) is 0 Å². The van der Waals surface area contributed by atoms with Crippen LogP contribution in [0.1, 0.15) is 49.9 Å². The summed E-state index contributed by atoms with van der Waals surface area (Å²) in [6, 6.07) is 9.39. The summed E-state index contributed by atoms with van der Waals surface area (Å²) in [7, 11) is 0. The molecule has 1 N–H and O–H groups in total. The summed E-state index contributed by atoms with van der Waals surface area (Å²) in [5.74, 6) is -0.0895. The standard InChI is InChI=1S/C17H19NO3/c1-16(2)13(17(16,3)4)12-11(15(19)20)18-14(21-12)10-8-6-5-7-9-10/h5-9,13H,1-4H3,(H,19,20). The van der Waals surface area contributed by atoms with Gasteiger partial charge in [0.1, 0.15) is 5.76 Å². The van der Waals surface area contributed by atoms with Crippen LogP contribution in [0.2, 0.25) is 0 Å². The minimum atomic E-state index is -1.03. The number of carboxylic acids is 1. The molecule has 110 valence electrons. The molecule has 0 radical (unpaired) electrons. The van der Waals surface area contributed by atoms with E-state index in [1.165, 1.54) is 0 Å². The Morgan fingerprint density at radius 3 is 2.19 bits per heavy atom. The highest BCUT2D eigenvalue weighted by atomic mass is 16.4. The van der Waals surface area contributed by atoms with Crippen LogP contribution in [0, 0.1) is 10.8 Å². The largest absolute Gasteiger partial charge is 0.476 e. The van der Waals surface area contributed by atoms with E-state index in [-0.39, 0.29) is 22.4 Å². The van der Waals surface area contributed by atoms with E-state index in [1.807, 2.05) is 30.3 Å². The van der Waals surface area contributed by atoms with Crippen molar-refractivity contribution in [2.75, 3.05) is 0 Å². The third-order valence-electron chi connectivity index (χ3n) is 5.16. The monoisotopic (exact) mass is 285 g/mol. The first-order valence-electron chi connectivity index (χ1n) is 7.06. The van der Waals surface area contributed by atoms with Gasteiger partial charge in [0.05, 0.1) is 0 Å². The van der Waals surface area contributed by atoms with Gasteiger partial charge in [-0.2, -0.15) is 0 Å². The molecule has 0 spiro atoms. The third kappa shape index (κ3) is 1.89. The van der Waals surface area contributed by atoms with Crippen molar-refractivity contribution in [1.82, 2.24) is 4.98 Å². The van der Waals surface area contributed by atoms with Gasteiger partial charge < -0.3 is 9.52 Å². The van der Waals surface area contributed by atoms with E-state index in [4.69, 9.17) is 4.42 Å². The van der Waals surface area contributed by atoms with Crippen molar-refractivity contribution in [2.24, 2.45) is 10.8 Å². The number of hydrogen-bond donors (Lipinski definition) is 1. The zero-order valence-electron chi connectivity index (χ0n) is 12.7. The predicted octanol–water partition coefficient (Wildman–Crippen LogP) is 4.19. The van der Waals surface area contributed by atoms with Crippen molar-refractivity contribution in [3.05, 3.63) is 41.8 Å². The van der Waals surface area contributed by atoms with Gasteiger partial charge in [-0.15, -0.1) is 0 Å². The summed E-state index contributed by atoms with van der Waals surface area (Å²) in [6.07, 6.45) is 0. The number of oxazole rings is 1. The average molecular weight is 285 g/mol. The summed E-state index contributed by atoms with van der Waals surface area (Å²) >= 11 is 0. The highest BCUT2D eigenvalue weighted by Gasteiger charge is 2.67. The second-order valence-corrected chi connectivity index (χ2v) is 6.78. The van der Waals surface area contributed by atoms with Gasteiger partial charge in [-0.1, -0.05) is 45.9 Å². The van der Waals surface area contributed by atoms with Crippen LogP contribution in [0.3, 0.4) is 0 Å². The maximum Gasteiger partial charge on any atom is 0.358 e. The van der Waals surface area contributed by atoms with Gasteiger partial charge in [0.15, 0.2) is 5.69 Å². The first-order valence-corrected chi connectivity index (χ1v) is 7.06. The molecule has 1 heterocycles. The van der Waals surface area contributed by atoms with Crippen molar-refractivity contribution in [2.45, 2.75) is 33.6 Å². The van der Waals surface area contributed by atoms with Crippen molar-refractivity contribution in [3.8, 4) is 11.5 Å². The van der Waals surface area contributed by atoms with Gasteiger partial charge in [-0.05, 0) is 23.0 Å². The van der Waals surface area contributed by atoms with E-state index in [2.05, 4.69) is 32.7 Å². The second kappa shape index (κ2) is 4.20. The molecule has 0 unspecified atom stereocenters. The number of carboxylic acid groups (broad SMARTS) is 1. The number of hydrogen-bond acceptors (Lipinski definition) is 3. The fourth-order valence-electron chi connectivity index (χ4n) is 3.24. The average Bonchev–Trinajstić information content (AvgIpc) is 2.77. The lowest BCUT2D eigenvalue weighted by molar-refractivity contribution is 0.0688. The maximum absolute atomic E-state index is 11.5. The zero-order valence-corrected chi connectivity index (χ0v) is 12.7. The van der Waals surface area contributed by atoms with Crippen LogP contribution >= 0.6 is 0 Å². The minimum Gasteiger partial charge on any atom is -0.476 e. The van der Waals surface area contributed by atoms with Crippen molar-refractivity contribution in [3.63, 3.8) is 0 Å². The number of carbonyl (C=O) groups is 1. The number of aromatic carboxylic acids is 1. The Balaban J connectivity index is 2.10. The van der Waals surface area contributed by atoms with E-state index in [9.17, 15) is 9.90 Å². The fourth-order valence-corrected chi connectivity index (χ4v) is 3.24. The van der Waals surface area contributed by atoms with Crippen molar-refractivity contribution in [1.29, 1.82) is 0 Å². The Morgan fingerprint density at radius 1 is 1.14 bits per heavy atom. The normalized spacial score (nSPS) is 19.4. The van der Waals surface area contributed by atoms with Crippen LogP contribution in [-0.2, 0) is 0 Å². The summed E-state index contributed by atoms with van der Waals surface area (Å²) in [6.45, 7) is 8.53. The van der Waals surface area contributed by atoms with Crippen LogP contribution in [0.5, 0.6) is 0 Å². The van der Waals surface area contributed by atoms with Gasteiger partial charge in [0, 0.05) is 11.5 Å². The lowest BCUT2D eigenvalue weighted by Crippen LogP contribution is -2.02. The fraction of sp³-hybridized carbons (Fsp3) is 0.412. The van der Waals surface area contributed by atoms with Crippen LogP contribution in [-0.4, -0.2) is 16.1 Å². The van der Waals surface area contributed by atoms with Gasteiger partial charge in [0.25, 0.3) is 0 Å². The molecule has 4 nitrogen and oxygen atoms in total. The quantitative estimate of drug-likeness (QED) is 0.918. The molecule has 1 aliphatic rings. The Morgan fingerprint density at radius 2 is 1.71 bits per heavy atom. The molecule has 0 aliphatic heterocycles. The van der Waals surface area contributed by atoms with E-state index in [0.717, 1.165) is 5.56 Å². The van der Waals surface area contributed by atoms with E-state index in [0.29, 0.717) is 11.7 Å². The molecule has 3 rings (SSSR count). The molecular formula is C17H19NO3. The third-order valence-corrected chi connectivity index (χ3v) is 5.16. The lowest BCUT2D eigenvalue weighted by atomic mass is 10.0. The number of rotatable bonds is 3. The SMILES string of the molecule is CC1(C)C(c2oc(-c3ccccc3)nc2C(=O)O)C1(C)C. The zero-order chi connectivity index (χ0) is 15.4. The van der Waals surface area contributed by atoms with Gasteiger partial charge in [-0.25, -0.2) is 9.78 Å². The molecule has 0 amide bonds.